The van der Waals surface area contributed by atoms with Crippen molar-refractivity contribution in [3.8, 4) is 5.75 Å². The Morgan fingerprint density at radius 2 is 2.23 bits per heavy atom. The molecule has 0 spiro atoms. The Morgan fingerprint density at radius 1 is 1.32 bits per heavy atom. The van der Waals surface area contributed by atoms with E-state index < -0.39 is 0 Å². The van der Waals surface area contributed by atoms with Crippen LogP contribution in [0.15, 0.2) is 42.6 Å². The molecule has 2 amide bonds. The topological polar surface area (TPSA) is 80.3 Å². The van der Waals surface area contributed by atoms with Crippen LogP contribution in [0, 0.1) is 0 Å². The molecule has 1 aliphatic rings. The monoisotopic (exact) mass is 297 g/mol. The Bertz CT molecular complexity index is 701. The van der Waals surface area contributed by atoms with Crippen LogP contribution in [0.25, 0.3) is 0 Å². The maximum atomic E-state index is 12.1. The number of nitrogens with one attached hydrogen (secondary N) is 2. The first-order valence-electron chi connectivity index (χ1n) is 6.97. The van der Waals surface area contributed by atoms with Crippen molar-refractivity contribution in [3.05, 3.63) is 53.9 Å². The van der Waals surface area contributed by atoms with E-state index in [4.69, 9.17) is 4.74 Å². The summed E-state index contributed by atoms with van der Waals surface area (Å²) in [5.41, 5.74) is 2.01. The summed E-state index contributed by atoms with van der Waals surface area (Å²) in [4.78, 5) is 27.5. The fraction of sp³-hybridized carbons (Fsp3) is 0.188. The zero-order chi connectivity index (χ0) is 15.4. The lowest BCUT2D eigenvalue weighted by Crippen LogP contribution is -2.27. The highest BCUT2D eigenvalue weighted by atomic mass is 16.5. The van der Waals surface area contributed by atoms with Crippen LogP contribution >= 0.6 is 0 Å². The number of ether oxygens (including phenoxy) is 1. The van der Waals surface area contributed by atoms with Gasteiger partial charge >= 0.3 is 0 Å². The van der Waals surface area contributed by atoms with Gasteiger partial charge in [-0.25, -0.2) is 0 Å². The summed E-state index contributed by atoms with van der Waals surface area (Å²) < 4.78 is 5.30. The van der Waals surface area contributed by atoms with E-state index in [-0.39, 0.29) is 18.4 Å². The number of amides is 2. The predicted octanol–water partition coefficient (Wildman–Crippen LogP) is 1.39. The smallest absolute Gasteiger partial charge is 0.262 e. The summed E-state index contributed by atoms with van der Waals surface area (Å²) in [7, 11) is 0. The van der Waals surface area contributed by atoms with Crippen molar-refractivity contribution in [2.24, 2.45) is 0 Å². The molecule has 112 valence electrons. The fourth-order valence-corrected chi connectivity index (χ4v) is 2.17. The molecule has 0 saturated heterocycles. The molecule has 2 N–H and O–H groups in total. The zero-order valence-corrected chi connectivity index (χ0v) is 11.8. The number of carbonyl (C=O) groups excluding carboxylic acids is 2. The molecule has 0 atom stereocenters. The SMILES string of the molecule is O=C1COc2cc(C(=O)NCCc3ccccn3)ccc2N1. The number of aromatic nitrogens is 1. The van der Waals surface area contributed by atoms with Crippen molar-refractivity contribution >= 4 is 17.5 Å². The third kappa shape index (κ3) is 3.22. The van der Waals surface area contributed by atoms with E-state index in [2.05, 4.69) is 15.6 Å². The average molecular weight is 297 g/mol. The summed E-state index contributed by atoms with van der Waals surface area (Å²) in [6.45, 7) is 0.474. The van der Waals surface area contributed by atoms with E-state index in [1.54, 1.807) is 24.4 Å². The lowest BCUT2D eigenvalue weighted by atomic mass is 10.1. The number of fused-ring (bicyclic) bond motifs is 1. The Morgan fingerprint density at radius 3 is 3.05 bits per heavy atom. The lowest BCUT2D eigenvalue weighted by molar-refractivity contribution is -0.118. The van der Waals surface area contributed by atoms with Gasteiger partial charge in [-0.15, -0.1) is 0 Å². The number of rotatable bonds is 4. The first-order chi connectivity index (χ1) is 10.7. The van der Waals surface area contributed by atoms with Gasteiger partial charge in [0.05, 0.1) is 5.69 Å². The first-order valence-corrected chi connectivity index (χ1v) is 6.97. The van der Waals surface area contributed by atoms with Crippen molar-refractivity contribution in [1.29, 1.82) is 0 Å². The summed E-state index contributed by atoms with van der Waals surface area (Å²) in [6.07, 6.45) is 2.40. The molecule has 0 unspecified atom stereocenters. The number of benzene rings is 1. The molecule has 0 fully saturated rings. The number of carbonyl (C=O) groups is 2. The highest BCUT2D eigenvalue weighted by molar-refractivity contribution is 5.98. The molecule has 0 radical (unpaired) electrons. The van der Waals surface area contributed by atoms with Crippen LogP contribution in [0.4, 0.5) is 5.69 Å². The van der Waals surface area contributed by atoms with E-state index in [1.165, 1.54) is 0 Å². The van der Waals surface area contributed by atoms with Crippen LogP contribution in [0.3, 0.4) is 0 Å². The molecule has 0 saturated carbocycles. The van der Waals surface area contributed by atoms with Crippen molar-refractivity contribution < 1.29 is 14.3 Å². The van der Waals surface area contributed by atoms with Gasteiger partial charge in [0.2, 0.25) is 0 Å². The van der Waals surface area contributed by atoms with E-state index in [0.29, 0.717) is 30.0 Å². The Hall–Kier alpha value is -2.89. The molecule has 2 heterocycles. The third-order valence-corrected chi connectivity index (χ3v) is 3.27. The lowest BCUT2D eigenvalue weighted by Gasteiger charge is -2.18. The normalized spacial score (nSPS) is 12.8. The van der Waals surface area contributed by atoms with Crippen LogP contribution in [-0.2, 0) is 11.2 Å². The number of pyridine rings is 1. The zero-order valence-electron chi connectivity index (χ0n) is 11.8. The van der Waals surface area contributed by atoms with Gasteiger partial charge in [-0.2, -0.15) is 0 Å². The summed E-state index contributed by atoms with van der Waals surface area (Å²) >= 11 is 0. The second-order valence-electron chi connectivity index (χ2n) is 4.87. The number of hydrogen-bond acceptors (Lipinski definition) is 4. The summed E-state index contributed by atoms with van der Waals surface area (Å²) in [5, 5.41) is 5.53. The molecule has 6 heteroatoms. The molecular weight excluding hydrogens is 282 g/mol. The van der Waals surface area contributed by atoms with Crippen LogP contribution in [0.1, 0.15) is 16.1 Å². The third-order valence-electron chi connectivity index (χ3n) is 3.27. The number of nitrogens with zero attached hydrogens (tertiary/aromatic N) is 1. The van der Waals surface area contributed by atoms with Gasteiger partial charge in [0, 0.05) is 30.4 Å². The number of hydrogen-bond donors (Lipinski definition) is 2. The molecular formula is C16H15N3O3. The molecule has 0 aliphatic carbocycles. The summed E-state index contributed by atoms with van der Waals surface area (Å²) in [5.74, 6) is 0.135. The second kappa shape index (κ2) is 6.26. The molecule has 6 nitrogen and oxygen atoms in total. The quantitative estimate of drug-likeness (QED) is 0.893. The van der Waals surface area contributed by atoms with E-state index >= 15 is 0 Å². The van der Waals surface area contributed by atoms with Gasteiger partial charge in [0.1, 0.15) is 5.75 Å². The molecule has 1 aromatic carbocycles. The average Bonchev–Trinajstić information content (AvgIpc) is 2.55. The van der Waals surface area contributed by atoms with Crippen molar-refractivity contribution in [2.45, 2.75) is 6.42 Å². The second-order valence-corrected chi connectivity index (χ2v) is 4.87. The Balaban J connectivity index is 1.59. The summed E-state index contributed by atoms with van der Waals surface area (Å²) in [6, 6.07) is 10.6. The molecule has 1 aromatic heterocycles. The largest absolute Gasteiger partial charge is 0.482 e. The van der Waals surface area contributed by atoms with Crippen LogP contribution in [0.2, 0.25) is 0 Å². The highest BCUT2D eigenvalue weighted by Crippen LogP contribution is 2.28. The van der Waals surface area contributed by atoms with Crippen molar-refractivity contribution in [1.82, 2.24) is 10.3 Å². The highest BCUT2D eigenvalue weighted by Gasteiger charge is 2.17. The van der Waals surface area contributed by atoms with Gasteiger partial charge < -0.3 is 15.4 Å². The molecule has 22 heavy (non-hydrogen) atoms. The maximum Gasteiger partial charge on any atom is 0.262 e. The van der Waals surface area contributed by atoms with E-state index in [9.17, 15) is 9.59 Å². The fourth-order valence-electron chi connectivity index (χ4n) is 2.17. The van der Waals surface area contributed by atoms with E-state index in [1.807, 2.05) is 18.2 Å². The maximum absolute atomic E-state index is 12.1. The van der Waals surface area contributed by atoms with Gasteiger partial charge in [0.25, 0.3) is 11.8 Å². The minimum absolute atomic E-state index is 0.0300. The van der Waals surface area contributed by atoms with Crippen LogP contribution in [-0.4, -0.2) is 29.9 Å². The number of anilines is 1. The van der Waals surface area contributed by atoms with E-state index in [0.717, 1.165) is 5.69 Å². The molecule has 3 rings (SSSR count). The first kappa shape index (κ1) is 14.1. The predicted molar refractivity (Wildman–Crippen MR) is 80.8 cm³/mol. The van der Waals surface area contributed by atoms with Crippen LogP contribution < -0.4 is 15.4 Å². The van der Waals surface area contributed by atoms with Crippen molar-refractivity contribution in [3.63, 3.8) is 0 Å². The van der Waals surface area contributed by atoms with Crippen molar-refractivity contribution in [2.75, 3.05) is 18.5 Å². The molecule has 0 bridgehead atoms. The molecule has 1 aliphatic heterocycles. The van der Waals surface area contributed by atoms with Gasteiger partial charge in [-0.3, -0.25) is 14.6 Å². The standard InChI is InChI=1S/C16H15N3O3/c20-15-10-22-14-9-11(4-5-13(14)19-15)16(21)18-8-6-12-3-1-2-7-17-12/h1-5,7,9H,6,8,10H2,(H,18,21)(H,19,20). The minimum atomic E-state index is -0.194. The van der Waals surface area contributed by atoms with Gasteiger partial charge in [0.15, 0.2) is 6.61 Å². The minimum Gasteiger partial charge on any atom is -0.482 e. The van der Waals surface area contributed by atoms with Crippen LogP contribution in [0.5, 0.6) is 5.75 Å². The molecule has 2 aromatic rings. The van der Waals surface area contributed by atoms with Gasteiger partial charge in [-0.1, -0.05) is 6.07 Å². The van der Waals surface area contributed by atoms with Gasteiger partial charge in [-0.05, 0) is 30.3 Å². The Labute approximate surface area is 127 Å². The Kier molecular flexibility index (Phi) is 4.00.